The van der Waals surface area contributed by atoms with Crippen LogP contribution in [0.4, 0.5) is 0 Å². The van der Waals surface area contributed by atoms with Gasteiger partial charge in [0.1, 0.15) is 22.8 Å². The van der Waals surface area contributed by atoms with Crippen LogP contribution in [0.15, 0.2) is 34.8 Å². The predicted molar refractivity (Wildman–Crippen MR) is 119 cm³/mol. The summed E-state index contributed by atoms with van der Waals surface area (Å²) in [7, 11) is 2.99. The minimum atomic E-state index is -2.90. The Bertz CT molecular complexity index is 1200. The standard InChI is InChI=1S/C24H28N2O8/c1-5-9-6-7-10-8(2)11-13(18(28)12(10)17(9)27)21(31)24(34)15(19(11)29)16(26(3)4)20(30)14(22(24)32)23(25)33/h6-8,11,15-16,19,27,29-31,34H,5H2,1-4H3,(H2,25,33)/t8-,11+,15+,16-,19-,24?/m0/s1. The maximum atomic E-state index is 13.6. The van der Waals surface area contributed by atoms with Gasteiger partial charge in [-0.05, 0) is 37.6 Å². The lowest BCUT2D eigenvalue weighted by molar-refractivity contribution is -0.162. The number of phenolic OH excluding ortho intramolecular Hbond substituents is 1. The molecule has 4 rings (SSSR count). The quantitative estimate of drug-likeness (QED) is 0.335. The smallest absolute Gasteiger partial charge is 0.255 e. The molecule has 1 aromatic rings. The predicted octanol–water partition coefficient (Wildman–Crippen LogP) is 0.215. The van der Waals surface area contributed by atoms with Crippen molar-refractivity contribution in [3.8, 4) is 5.75 Å². The molecular formula is C24H28N2O8. The van der Waals surface area contributed by atoms with Gasteiger partial charge in [0.2, 0.25) is 5.78 Å². The average Bonchev–Trinajstić information content (AvgIpc) is 2.75. The van der Waals surface area contributed by atoms with E-state index in [0.717, 1.165) is 0 Å². The molecule has 34 heavy (non-hydrogen) atoms. The molecule has 1 aromatic carbocycles. The van der Waals surface area contributed by atoms with Gasteiger partial charge in [0.15, 0.2) is 11.4 Å². The number of hydrogen-bond donors (Lipinski definition) is 6. The van der Waals surface area contributed by atoms with Crippen LogP contribution in [0.2, 0.25) is 0 Å². The summed E-state index contributed by atoms with van der Waals surface area (Å²) in [6, 6.07) is 2.08. The molecule has 1 amide bonds. The number of likely N-dealkylation sites (N-methyl/N-ethyl adjacent to an activating group) is 1. The number of aliphatic hydroxyl groups is 4. The van der Waals surface area contributed by atoms with Crippen LogP contribution in [0.1, 0.15) is 41.3 Å². The number of aromatic hydroxyl groups is 1. The summed E-state index contributed by atoms with van der Waals surface area (Å²) in [5.74, 6) is -8.76. The van der Waals surface area contributed by atoms with Crippen molar-refractivity contribution in [3.63, 3.8) is 0 Å². The van der Waals surface area contributed by atoms with Gasteiger partial charge in [0.25, 0.3) is 5.91 Å². The van der Waals surface area contributed by atoms with Crippen LogP contribution in [0.3, 0.4) is 0 Å². The third-order valence-corrected chi connectivity index (χ3v) is 7.60. The van der Waals surface area contributed by atoms with E-state index >= 15 is 0 Å². The van der Waals surface area contributed by atoms with Crippen molar-refractivity contribution < 1.29 is 39.9 Å². The topological polar surface area (TPSA) is 182 Å². The van der Waals surface area contributed by atoms with Gasteiger partial charge in [-0.15, -0.1) is 0 Å². The number of nitrogens with two attached hydrogens (primary N) is 1. The van der Waals surface area contributed by atoms with Crippen LogP contribution in [0.25, 0.3) is 0 Å². The zero-order valence-corrected chi connectivity index (χ0v) is 19.2. The second-order valence-electron chi connectivity index (χ2n) is 9.44. The Labute approximate surface area is 195 Å². The Morgan fingerprint density at radius 2 is 1.79 bits per heavy atom. The van der Waals surface area contributed by atoms with E-state index in [2.05, 4.69) is 0 Å². The van der Waals surface area contributed by atoms with Gasteiger partial charge in [0, 0.05) is 11.5 Å². The van der Waals surface area contributed by atoms with Crippen LogP contribution < -0.4 is 5.73 Å². The number of carbonyl (C=O) groups excluding carboxylic acids is 3. The largest absolute Gasteiger partial charge is 0.510 e. The molecule has 0 bridgehead atoms. The van der Waals surface area contributed by atoms with Crippen molar-refractivity contribution in [1.82, 2.24) is 4.90 Å². The number of ketones is 2. The van der Waals surface area contributed by atoms with Crippen molar-refractivity contribution in [1.29, 1.82) is 0 Å². The molecule has 10 heteroatoms. The van der Waals surface area contributed by atoms with E-state index in [9.17, 15) is 39.9 Å². The summed E-state index contributed by atoms with van der Waals surface area (Å²) in [6.45, 7) is 3.49. The lowest BCUT2D eigenvalue weighted by Crippen LogP contribution is -2.68. The van der Waals surface area contributed by atoms with Crippen LogP contribution in [-0.4, -0.2) is 79.7 Å². The molecule has 1 unspecified atom stereocenters. The van der Waals surface area contributed by atoms with Crippen molar-refractivity contribution in [3.05, 3.63) is 51.5 Å². The second kappa shape index (κ2) is 7.66. The van der Waals surface area contributed by atoms with Crippen LogP contribution in [0, 0.1) is 11.8 Å². The Kier molecular flexibility index (Phi) is 5.39. The zero-order valence-electron chi connectivity index (χ0n) is 19.2. The monoisotopic (exact) mass is 472 g/mol. The molecule has 182 valence electrons. The van der Waals surface area contributed by atoms with Gasteiger partial charge in [-0.3, -0.25) is 19.3 Å². The third kappa shape index (κ3) is 2.76. The van der Waals surface area contributed by atoms with Gasteiger partial charge >= 0.3 is 0 Å². The van der Waals surface area contributed by atoms with E-state index in [4.69, 9.17) is 5.73 Å². The summed E-state index contributed by atoms with van der Waals surface area (Å²) in [6.07, 6.45) is -1.16. The Morgan fingerprint density at radius 1 is 1.18 bits per heavy atom. The Hall–Kier alpha value is -3.21. The molecule has 7 N–H and O–H groups in total. The van der Waals surface area contributed by atoms with E-state index < -0.39 is 75.6 Å². The SMILES string of the molecule is CCc1ccc2c(c1O)C(=O)C1=C(O)C3(O)C(=O)C(C(N)=O)=C(O)[C@@H](N(C)C)[C@@H]3[C@@H](O)[C@@H]1[C@H]2C. The molecule has 0 fully saturated rings. The molecule has 0 heterocycles. The number of amides is 1. The first kappa shape index (κ1) is 23.9. The van der Waals surface area contributed by atoms with Crippen molar-refractivity contribution in [2.24, 2.45) is 17.6 Å². The maximum absolute atomic E-state index is 13.6. The van der Waals surface area contributed by atoms with Gasteiger partial charge < -0.3 is 31.3 Å². The molecule has 0 spiro atoms. The van der Waals surface area contributed by atoms with Crippen molar-refractivity contribution >= 4 is 17.5 Å². The maximum Gasteiger partial charge on any atom is 0.255 e. The highest BCUT2D eigenvalue weighted by molar-refractivity contribution is 6.25. The normalized spacial score (nSPS) is 33.1. The second-order valence-corrected chi connectivity index (χ2v) is 9.44. The van der Waals surface area contributed by atoms with Crippen molar-refractivity contribution in [2.75, 3.05) is 14.1 Å². The fourth-order valence-electron chi connectivity index (χ4n) is 5.95. The summed E-state index contributed by atoms with van der Waals surface area (Å²) < 4.78 is 0. The molecular weight excluding hydrogens is 444 g/mol. The highest BCUT2D eigenvalue weighted by Crippen LogP contribution is 2.55. The number of benzene rings is 1. The highest BCUT2D eigenvalue weighted by atomic mass is 16.4. The Morgan fingerprint density at radius 3 is 2.32 bits per heavy atom. The number of aliphatic hydroxyl groups excluding tert-OH is 3. The zero-order chi connectivity index (χ0) is 25.4. The summed E-state index contributed by atoms with van der Waals surface area (Å²) in [4.78, 5) is 40.3. The van der Waals surface area contributed by atoms with E-state index in [1.165, 1.54) is 19.0 Å². The van der Waals surface area contributed by atoms with Crippen LogP contribution >= 0.6 is 0 Å². The van der Waals surface area contributed by atoms with E-state index in [1.54, 1.807) is 26.0 Å². The molecule has 6 atom stereocenters. The fraction of sp³-hybridized carbons (Fsp3) is 0.458. The van der Waals surface area contributed by atoms with Gasteiger partial charge in [-0.25, -0.2) is 0 Å². The first-order valence-electron chi connectivity index (χ1n) is 11.0. The number of aryl methyl sites for hydroxylation is 1. The number of nitrogens with zero attached hydrogens (tertiary/aromatic N) is 1. The highest BCUT2D eigenvalue weighted by Gasteiger charge is 2.67. The number of carbonyl (C=O) groups is 3. The molecule has 0 aromatic heterocycles. The minimum Gasteiger partial charge on any atom is -0.510 e. The number of Topliss-reactive ketones (excluding diaryl/α,β-unsaturated/α-hetero) is 2. The fourth-order valence-corrected chi connectivity index (χ4v) is 5.95. The molecule has 0 radical (unpaired) electrons. The van der Waals surface area contributed by atoms with Gasteiger partial charge in [-0.1, -0.05) is 26.0 Å². The molecule has 0 aliphatic heterocycles. The molecule has 3 aliphatic carbocycles. The summed E-state index contributed by atoms with van der Waals surface area (Å²) >= 11 is 0. The van der Waals surface area contributed by atoms with Crippen molar-refractivity contribution in [2.45, 2.75) is 43.9 Å². The number of fused-ring (bicyclic) bond motifs is 3. The molecule has 0 saturated heterocycles. The van der Waals surface area contributed by atoms with E-state index in [0.29, 0.717) is 17.5 Å². The first-order valence-corrected chi connectivity index (χ1v) is 11.0. The Balaban J connectivity index is 2.05. The number of primary amides is 1. The number of hydrogen-bond acceptors (Lipinski definition) is 9. The third-order valence-electron chi connectivity index (χ3n) is 7.60. The van der Waals surface area contributed by atoms with Gasteiger partial charge in [0.05, 0.1) is 23.6 Å². The minimum absolute atomic E-state index is 0.0696. The summed E-state index contributed by atoms with van der Waals surface area (Å²) in [5, 5.41) is 55.9. The van der Waals surface area contributed by atoms with Crippen LogP contribution in [-0.2, 0) is 16.0 Å². The van der Waals surface area contributed by atoms with E-state index in [-0.39, 0.29) is 11.3 Å². The molecule has 10 nitrogen and oxygen atoms in total. The summed E-state index contributed by atoms with van der Waals surface area (Å²) in [5.41, 5.74) is 1.95. The lowest BCUT2D eigenvalue weighted by Gasteiger charge is -2.53. The lowest BCUT2D eigenvalue weighted by atomic mass is 9.55. The molecule has 3 aliphatic rings. The average molecular weight is 472 g/mol. The first-order chi connectivity index (χ1) is 15.8. The number of rotatable bonds is 3. The van der Waals surface area contributed by atoms with Crippen LogP contribution in [0.5, 0.6) is 5.75 Å². The van der Waals surface area contributed by atoms with E-state index in [1.807, 2.05) is 0 Å². The van der Waals surface area contributed by atoms with Gasteiger partial charge in [-0.2, -0.15) is 0 Å². The number of phenols is 1. The molecule has 0 saturated carbocycles.